The molecule has 0 heterocycles. The normalized spacial score (nSPS) is 15.5. The van der Waals surface area contributed by atoms with Gasteiger partial charge in [-0.2, -0.15) is 0 Å². The van der Waals surface area contributed by atoms with Crippen LogP contribution in [0.5, 0.6) is 11.5 Å². The number of phenols is 2. The first-order chi connectivity index (χ1) is 6.35. The zero-order valence-corrected chi connectivity index (χ0v) is 8.78. The monoisotopic (exact) mass is 195 g/mol. The molecule has 0 unspecified atom stereocenters. The lowest BCUT2D eigenvalue weighted by Gasteiger charge is -2.30. The molecule has 0 aliphatic rings. The molecule has 0 saturated carbocycles. The summed E-state index contributed by atoms with van der Waals surface area (Å²) in [6.07, 6.45) is 0. The number of rotatable bonds is 2. The molecule has 0 spiro atoms. The van der Waals surface area contributed by atoms with Crippen LogP contribution < -0.4 is 5.73 Å². The predicted octanol–water partition coefficient (Wildman–Crippen LogP) is 1.93. The van der Waals surface area contributed by atoms with Gasteiger partial charge in [0.15, 0.2) is 0 Å². The molecular weight excluding hydrogens is 178 g/mol. The average molecular weight is 195 g/mol. The minimum atomic E-state index is -0.586. The van der Waals surface area contributed by atoms with Crippen molar-refractivity contribution in [1.29, 1.82) is 0 Å². The quantitative estimate of drug-likeness (QED) is 0.675. The van der Waals surface area contributed by atoms with E-state index in [1.165, 1.54) is 12.1 Å². The first kappa shape index (κ1) is 10.9. The van der Waals surface area contributed by atoms with Crippen LogP contribution >= 0.6 is 0 Å². The molecular formula is C11H17NO2. The van der Waals surface area contributed by atoms with E-state index in [0.29, 0.717) is 5.56 Å². The van der Waals surface area contributed by atoms with Crippen molar-refractivity contribution in [3.8, 4) is 11.5 Å². The highest BCUT2D eigenvalue weighted by molar-refractivity contribution is 5.42. The van der Waals surface area contributed by atoms with Gasteiger partial charge in [0.1, 0.15) is 11.5 Å². The second-order valence-corrected chi connectivity index (χ2v) is 4.14. The highest BCUT2D eigenvalue weighted by Crippen LogP contribution is 2.34. The summed E-state index contributed by atoms with van der Waals surface area (Å²) >= 11 is 0. The molecule has 4 N–H and O–H groups in total. The Morgan fingerprint density at radius 2 is 1.86 bits per heavy atom. The largest absolute Gasteiger partial charge is 0.508 e. The van der Waals surface area contributed by atoms with Crippen molar-refractivity contribution in [2.45, 2.75) is 26.3 Å². The van der Waals surface area contributed by atoms with Gasteiger partial charge in [-0.15, -0.1) is 0 Å². The van der Waals surface area contributed by atoms with Gasteiger partial charge in [0.2, 0.25) is 0 Å². The summed E-state index contributed by atoms with van der Waals surface area (Å²) in [7, 11) is 0. The summed E-state index contributed by atoms with van der Waals surface area (Å²) in [5.41, 5.74) is 6.16. The summed E-state index contributed by atoms with van der Waals surface area (Å²) in [6, 6.07) is 4.50. The number of hydrogen-bond donors (Lipinski definition) is 3. The first-order valence-electron chi connectivity index (χ1n) is 4.67. The van der Waals surface area contributed by atoms with Crippen LogP contribution in [0.1, 0.15) is 26.3 Å². The van der Waals surface area contributed by atoms with E-state index in [9.17, 15) is 5.11 Å². The Bertz CT molecular complexity index is 332. The van der Waals surface area contributed by atoms with E-state index in [1.54, 1.807) is 6.07 Å². The average Bonchev–Trinajstić information content (AvgIpc) is 2.02. The maximum Gasteiger partial charge on any atom is 0.124 e. The number of phenolic OH excluding ortho intramolecular Hbond substituents is 2. The van der Waals surface area contributed by atoms with Gasteiger partial charge in [-0.05, 0) is 25.0 Å². The fraction of sp³-hybridized carbons (Fsp3) is 0.455. The van der Waals surface area contributed by atoms with Crippen LogP contribution in [0.3, 0.4) is 0 Å². The van der Waals surface area contributed by atoms with E-state index < -0.39 is 5.54 Å². The van der Waals surface area contributed by atoms with E-state index in [4.69, 9.17) is 10.8 Å². The van der Waals surface area contributed by atoms with E-state index in [1.807, 2.05) is 20.8 Å². The standard InChI is InChI=1S/C11H17NO2/c1-7(2)11(3,12)9-5-4-8(13)6-10(9)14/h4-7,13-14H,12H2,1-3H3/t11-/m0/s1. The molecule has 3 nitrogen and oxygen atoms in total. The summed E-state index contributed by atoms with van der Waals surface area (Å²) in [5.74, 6) is 0.299. The number of nitrogens with two attached hydrogens (primary N) is 1. The Kier molecular flexibility index (Phi) is 2.71. The molecule has 14 heavy (non-hydrogen) atoms. The van der Waals surface area contributed by atoms with Crippen molar-refractivity contribution in [3.05, 3.63) is 23.8 Å². The Morgan fingerprint density at radius 1 is 1.29 bits per heavy atom. The molecule has 3 heteroatoms. The zero-order valence-electron chi connectivity index (χ0n) is 8.78. The predicted molar refractivity (Wildman–Crippen MR) is 56.1 cm³/mol. The molecule has 0 saturated heterocycles. The van der Waals surface area contributed by atoms with Crippen molar-refractivity contribution in [3.63, 3.8) is 0 Å². The van der Waals surface area contributed by atoms with Crippen molar-refractivity contribution in [2.24, 2.45) is 11.7 Å². The van der Waals surface area contributed by atoms with Gasteiger partial charge < -0.3 is 15.9 Å². The van der Waals surface area contributed by atoms with Crippen molar-refractivity contribution in [2.75, 3.05) is 0 Å². The minimum Gasteiger partial charge on any atom is -0.508 e. The third-order valence-corrected chi connectivity index (χ3v) is 2.76. The van der Waals surface area contributed by atoms with E-state index in [-0.39, 0.29) is 17.4 Å². The van der Waals surface area contributed by atoms with Crippen molar-refractivity contribution in [1.82, 2.24) is 0 Å². The molecule has 0 fully saturated rings. The SMILES string of the molecule is CC(C)[C@](C)(N)c1ccc(O)cc1O. The lowest BCUT2D eigenvalue weighted by molar-refractivity contribution is 0.332. The molecule has 0 aliphatic heterocycles. The third-order valence-electron chi connectivity index (χ3n) is 2.76. The van der Waals surface area contributed by atoms with Crippen LogP contribution in [0.2, 0.25) is 0 Å². The molecule has 1 aromatic rings. The van der Waals surface area contributed by atoms with Crippen LogP contribution in [-0.2, 0) is 5.54 Å². The van der Waals surface area contributed by atoms with E-state index >= 15 is 0 Å². The molecule has 0 bridgehead atoms. The maximum atomic E-state index is 9.64. The molecule has 0 aliphatic carbocycles. The van der Waals surface area contributed by atoms with Crippen LogP contribution in [0.15, 0.2) is 18.2 Å². The molecule has 1 rings (SSSR count). The Balaban J connectivity index is 3.19. The van der Waals surface area contributed by atoms with Crippen LogP contribution in [-0.4, -0.2) is 10.2 Å². The topological polar surface area (TPSA) is 66.5 Å². The summed E-state index contributed by atoms with van der Waals surface area (Å²) < 4.78 is 0. The molecule has 78 valence electrons. The fourth-order valence-electron chi connectivity index (χ4n) is 1.29. The lowest BCUT2D eigenvalue weighted by atomic mass is 9.82. The van der Waals surface area contributed by atoms with Gasteiger partial charge >= 0.3 is 0 Å². The van der Waals surface area contributed by atoms with E-state index in [2.05, 4.69) is 0 Å². The molecule has 0 aromatic heterocycles. The minimum absolute atomic E-state index is 0.0451. The first-order valence-corrected chi connectivity index (χ1v) is 4.67. The Labute approximate surface area is 84.2 Å². The molecule has 0 radical (unpaired) electrons. The molecule has 1 atom stereocenters. The number of aromatic hydroxyl groups is 2. The van der Waals surface area contributed by atoms with Gasteiger partial charge in [-0.1, -0.05) is 13.8 Å². The fourth-order valence-corrected chi connectivity index (χ4v) is 1.29. The van der Waals surface area contributed by atoms with Crippen LogP contribution in [0.4, 0.5) is 0 Å². The van der Waals surface area contributed by atoms with E-state index in [0.717, 1.165) is 0 Å². The third kappa shape index (κ3) is 1.82. The zero-order chi connectivity index (χ0) is 10.9. The van der Waals surface area contributed by atoms with Crippen LogP contribution in [0.25, 0.3) is 0 Å². The summed E-state index contributed by atoms with van der Waals surface area (Å²) in [4.78, 5) is 0. The summed E-state index contributed by atoms with van der Waals surface area (Å²) in [5, 5.41) is 18.8. The number of hydrogen-bond acceptors (Lipinski definition) is 3. The van der Waals surface area contributed by atoms with Gasteiger partial charge in [0.05, 0.1) is 0 Å². The van der Waals surface area contributed by atoms with Crippen molar-refractivity contribution < 1.29 is 10.2 Å². The Morgan fingerprint density at radius 3 is 2.29 bits per heavy atom. The highest BCUT2D eigenvalue weighted by Gasteiger charge is 2.28. The second-order valence-electron chi connectivity index (χ2n) is 4.14. The molecule has 1 aromatic carbocycles. The Hall–Kier alpha value is -1.22. The van der Waals surface area contributed by atoms with Gasteiger partial charge in [0.25, 0.3) is 0 Å². The highest BCUT2D eigenvalue weighted by atomic mass is 16.3. The second kappa shape index (κ2) is 3.50. The van der Waals surface area contributed by atoms with Gasteiger partial charge in [-0.25, -0.2) is 0 Å². The van der Waals surface area contributed by atoms with Crippen LogP contribution in [0, 0.1) is 5.92 Å². The van der Waals surface area contributed by atoms with Crippen molar-refractivity contribution >= 4 is 0 Å². The van der Waals surface area contributed by atoms with Gasteiger partial charge in [0, 0.05) is 17.2 Å². The lowest BCUT2D eigenvalue weighted by Crippen LogP contribution is -2.38. The number of benzene rings is 1. The molecule has 0 amide bonds. The maximum absolute atomic E-state index is 9.64. The summed E-state index contributed by atoms with van der Waals surface area (Å²) in [6.45, 7) is 5.85. The smallest absolute Gasteiger partial charge is 0.124 e. The van der Waals surface area contributed by atoms with Gasteiger partial charge in [-0.3, -0.25) is 0 Å².